The van der Waals surface area contributed by atoms with Gasteiger partial charge in [0.2, 0.25) is 28.5 Å². The summed E-state index contributed by atoms with van der Waals surface area (Å²) in [6.45, 7) is -1.79. The summed E-state index contributed by atoms with van der Waals surface area (Å²) in [6.07, 6.45) is 0. The van der Waals surface area contributed by atoms with Crippen LogP contribution in [0.1, 0.15) is 0 Å². The number of primary sulfonamides is 1. The van der Waals surface area contributed by atoms with Gasteiger partial charge in [-0.3, -0.25) is 0 Å². The van der Waals surface area contributed by atoms with E-state index in [2.05, 4.69) is 9.88 Å². The Kier molecular flexibility index (Phi) is 3.57. The summed E-state index contributed by atoms with van der Waals surface area (Å²) in [6, 6.07) is 0. The Hall–Kier alpha value is -1.42. The van der Waals surface area contributed by atoms with Crippen LogP contribution in [0.25, 0.3) is 0 Å². The highest BCUT2D eigenvalue weighted by atomic mass is 32.2. The van der Waals surface area contributed by atoms with Gasteiger partial charge in [0.05, 0.1) is 0 Å². The zero-order chi connectivity index (χ0) is 13.4. The number of alkyl halides is 1. The Morgan fingerprint density at radius 3 is 1.88 bits per heavy atom. The lowest BCUT2D eigenvalue weighted by Gasteiger charge is -2.10. The second kappa shape index (κ2) is 4.45. The van der Waals surface area contributed by atoms with Crippen LogP contribution in [0.5, 0.6) is 5.75 Å². The molecule has 0 bridgehead atoms. The van der Waals surface area contributed by atoms with Crippen LogP contribution in [-0.4, -0.2) is 15.3 Å². The van der Waals surface area contributed by atoms with Gasteiger partial charge in [-0.1, -0.05) is 0 Å². The van der Waals surface area contributed by atoms with E-state index in [1.165, 1.54) is 0 Å². The van der Waals surface area contributed by atoms with Crippen molar-refractivity contribution in [2.75, 3.05) is 6.86 Å². The lowest BCUT2D eigenvalue weighted by Crippen LogP contribution is -2.19. The maximum absolute atomic E-state index is 13.1. The molecule has 0 saturated carbocycles. The van der Waals surface area contributed by atoms with Crippen molar-refractivity contribution in [1.82, 2.24) is 0 Å². The number of halogens is 5. The third-order valence-corrected chi connectivity index (χ3v) is 2.60. The lowest BCUT2D eigenvalue weighted by molar-refractivity contribution is 0.173. The van der Waals surface area contributed by atoms with Gasteiger partial charge in [-0.25, -0.2) is 31.1 Å². The maximum atomic E-state index is 13.1. The fourth-order valence-corrected chi connectivity index (χ4v) is 1.78. The highest BCUT2D eigenvalue weighted by Gasteiger charge is 2.32. The van der Waals surface area contributed by atoms with Crippen molar-refractivity contribution >= 4 is 10.0 Å². The average Bonchev–Trinajstić information content (AvgIpc) is 2.21. The largest absolute Gasteiger partial charge is 0.458 e. The number of hydrogen-bond acceptors (Lipinski definition) is 3. The third-order valence-electron chi connectivity index (χ3n) is 1.67. The SMILES string of the molecule is NS(=O)(=O)c1c(F)c(F)c(F)c(F)c1OCF. The smallest absolute Gasteiger partial charge is 0.244 e. The quantitative estimate of drug-likeness (QED) is 0.512. The van der Waals surface area contributed by atoms with E-state index in [4.69, 9.17) is 0 Å². The second-order valence-electron chi connectivity index (χ2n) is 2.71. The molecule has 96 valence electrons. The van der Waals surface area contributed by atoms with E-state index in [0.29, 0.717) is 0 Å². The van der Waals surface area contributed by atoms with E-state index in [9.17, 15) is 30.4 Å². The molecule has 1 rings (SSSR count). The van der Waals surface area contributed by atoms with Gasteiger partial charge in [-0.05, 0) is 0 Å². The van der Waals surface area contributed by atoms with E-state index < -0.39 is 50.8 Å². The summed E-state index contributed by atoms with van der Waals surface area (Å²) in [5, 5.41) is 4.45. The van der Waals surface area contributed by atoms with Crippen molar-refractivity contribution in [2.45, 2.75) is 4.90 Å². The lowest BCUT2D eigenvalue weighted by atomic mass is 10.3. The molecular formula is C7H4F5NO3S. The molecule has 0 aliphatic rings. The number of nitrogens with two attached hydrogens (primary N) is 1. The Labute approximate surface area is 91.8 Å². The van der Waals surface area contributed by atoms with Gasteiger partial charge in [0, 0.05) is 0 Å². The van der Waals surface area contributed by atoms with Gasteiger partial charge >= 0.3 is 0 Å². The monoisotopic (exact) mass is 277 g/mol. The van der Waals surface area contributed by atoms with Crippen molar-refractivity contribution in [1.29, 1.82) is 0 Å². The van der Waals surface area contributed by atoms with Crippen LogP contribution in [0.3, 0.4) is 0 Å². The molecule has 0 atom stereocenters. The van der Waals surface area contributed by atoms with Crippen molar-refractivity contribution in [2.24, 2.45) is 5.14 Å². The van der Waals surface area contributed by atoms with Crippen LogP contribution in [0.15, 0.2) is 4.90 Å². The summed E-state index contributed by atoms with van der Waals surface area (Å²) in [5.41, 5.74) is 0. The molecule has 1 aromatic rings. The molecule has 1 aromatic carbocycles. The minimum absolute atomic E-state index is 1.65. The van der Waals surface area contributed by atoms with Gasteiger partial charge in [-0.2, -0.15) is 4.39 Å². The average molecular weight is 277 g/mol. The molecule has 0 aliphatic heterocycles. The van der Waals surface area contributed by atoms with Crippen LogP contribution in [-0.2, 0) is 10.0 Å². The first-order valence-electron chi connectivity index (χ1n) is 3.79. The molecular weight excluding hydrogens is 273 g/mol. The topological polar surface area (TPSA) is 69.4 Å². The summed E-state index contributed by atoms with van der Waals surface area (Å²) < 4.78 is 88.8. The number of benzene rings is 1. The molecule has 0 spiro atoms. The molecule has 17 heavy (non-hydrogen) atoms. The molecule has 0 aromatic heterocycles. The fourth-order valence-electron chi connectivity index (χ4n) is 1.03. The van der Waals surface area contributed by atoms with Crippen LogP contribution in [0, 0.1) is 23.3 Å². The standard InChI is InChI=1S/C7H4F5NO3S/c8-1-16-6-4(11)2(9)3(10)5(12)7(6)17(13,14)15/h1H2,(H2,13,14,15). The first-order chi connectivity index (χ1) is 7.71. The highest BCUT2D eigenvalue weighted by molar-refractivity contribution is 7.89. The first-order valence-corrected chi connectivity index (χ1v) is 5.34. The van der Waals surface area contributed by atoms with Gasteiger partial charge in [0.15, 0.2) is 22.3 Å². The zero-order valence-electron chi connectivity index (χ0n) is 7.81. The fraction of sp³-hybridized carbons (Fsp3) is 0.143. The molecule has 4 nitrogen and oxygen atoms in total. The summed E-state index contributed by atoms with van der Waals surface area (Å²) in [7, 11) is -4.96. The second-order valence-corrected chi connectivity index (χ2v) is 4.21. The maximum Gasteiger partial charge on any atom is 0.244 e. The van der Waals surface area contributed by atoms with Gasteiger partial charge in [0.1, 0.15) is 0 Å². The van der Waals surface area contributed by atoms with E-state index in [1.54, 1.807) is 0 Å². The van der Waals surface area contributed by atoms with Crippen molar-refractivity contribution < 1.29 is 35.1 Å². The molecule has 0 radical (unpaired) electrons. The van der Waals surface area contributed by atoms with Crippen LogP contribution in [0.4, 0.5) is 22.0 Å². The molecule has 0 saturated heterocycles. The molecule has 0 fully saturated rings. The van der Waals surface area contributed by atoms with Crippen LogP contribution < -0.4 is 9.88 Å². The first kappa shape index (κ1) is 13.6. The Morgan fingerprint density at radius 2 is 1.47 bits per heavy atom. The number of sulfonamides is 1. The van der Waals surface area contributed by atoms with Crippen molar-refractivity contribution in [3.8, 4) is 5.75 Å². The van der Waals surface area contributed by atoms with Crippen molar-refractivity contribution in [3.63, 3.8) is 0 Å². The summed E-state index contributed by atoms with van der Waals surface area (Å²) >= 11 is 0. The highest BCUT2D eigenvalue weighted by Crippen LogP contribution is 2.33. The van der Waals surface area contributed by atoms with Gasteiger partial charge in [-0.15, -0.1) is 0 Å². The normalized spacial score (nSPS) is 11.6. The van der Waals surface area contributed by atoms with E-state index in [-0.39, 0.29) is 0 Å². The molecule has 2 N–H and O–H groups in total. The van der Waals surface area contributed by atoms with E-state index in [0.717, 1.165) is 0 Å². The zero-order valence-corrected chi connectivity index (χ0v) is 8.62. The minimum atomic E-state index is -4.96. The molecule has 0 aliphatic carbocycles. The third kappa shape index (κ3) is 2.31. The van der Waals surface area contributed by atoms with Crippen molar-refractivity contribution in [3.05, 3.63) is 23.3 Å². The Bertz CT molecular complexity index is 559. The van der Waals surface area contributed by atoms with Crippen LogP contribution >= 0.6 is 0 Å². The predicted octanol–water partition coefficient (Wildman–Crippen LogP) is 1.20. The Balaban J connectivity index is 3.79. The predicted molar refractivity (Wildman–Crippen MR) is 44.3 cm³/mol. The summed E-state index contributed by atoms with van der Waals surface area (Å²) in [4.78, 5) is -1.79. The molecule has 0 heterocycles. The number of rotatable bonds is 3. The van der Waals surface area contributed by atoms with Gasteiger partial charge < -0.3 is 4.74 Å². The molecule has 0 unspecified atom stereocenters. The van der Waals surface area contributed by atoms with E-state index in [1.807, 2.05) is 0 Å². The molecule has 10 heteroatoms. The molecule has 0 amide bonds. The van der Waals surface area contributed by atoms with E-state index >= 15 is 0 Å². The number of hydrogen-bond donors (Lipinski definition) is 1. The summed E-state index contributed by atoms with van der Waals surface area (Å²) in [5.74, 6) is -10.8. The minimum Gasteiger partial charge on any atom is -0.458 e. The Morgan fingerprint density at radius 1 is 1.00 bits per heavy atom. The van der Waals surface area contributed by atoms with Gasteiger partial charge in [0.25, 0.3) is 0 Å². The van der Waals surface area contributed by atoms with Crippen LogP contribution in [0.2, 0.25) is 0 Å². The number of ether oxygens (including phenoxy) is 1.